The van der Waals surface area contributed by atoms with Crippen LogP contribution < -0.4 is 5.90 Å². The fourth-order valence-corrected chi connectivity index (χ4v) is 1.05. The predicted molar refractivity (Wildman–Crippen MR) is 46.5 cm³/mol. The zero-order valence-corrected chi connectivity index (χ0v) is 7.53. The van der Waals surface area contributed by atoms with Crippen LogP contribution >= 0.6 is 0 Å². The van der Waals surface area contributed by atoms with Crippen molar-refractivity contribution in [2.24, 2.45) is 5.90 Å². The molecule has 1 atom stereocenters. The lowest BCUT2D eigenvalue weighted by molar-refractivity contribution is 0.126. The molecule has 0 aliphatic carbocycles. The number of hydrogen-bond donors (Lipinski definition) is 1. The molecule has 0 aliphatic heterocycles. The Morgan fingerprint density at radius 3 is 3.00 bits per heavy atom. The number of aromatic nitrogens is 2. The number of rotatable bonds is 4. The van der Waals surface area contributed by atoms with Crippen LogP contribution in [0.3, 0.4) is 0 Å². The minimum Gasteiger partial charge on any atom is -0.304 e. The van der Waals surface area contributed by atoms with Crippen LogP contribution in [-0.4, -0.2) is 16.4 Å². The molecule has 0 bridgehead atoms. The summed E-state index contributed by atoms with van der Waals surface area (Å²) in [5.41, 5.74) is 1.17. The first-order valence-corrected chi connectivity index (χ1v) is 4.12. The first kappa shape index (κ1) is 9.22. The van der Waals surface area contributed by atoms with Gasteiger partial charge in [0.25, 0.3) is 0 Å². The molecule has 0 radical (unpaired) electrons. The molecule has 0 aromatic carbocycles. The van der Waals surface area contributed by atoms with Crippen molar-refractivity contribution in [2.45, 2.75) is 26.3 Å². The van der Waals surface area contributed by atoms with Crippen molar-refractivity contribution in [3.8, 4) is 0 Å². The van der Waals surface area contributed by atoms with Gasteiger partial charge in [-0.25, -0.2) is 5.90 Å². The van der Waals surface area contributed by atoms with Crippen LogP contribution in [0.15, 0.2) is 12.4 Å². The molecule has 0 spiro atoms. The highest BCUT2D eigenvalue weighted by atomic mass is 16.6. The summed E-state index contributed by atoms with van der Waals surface area (Å²) in [7, 11) is 0. The zero-order chi connectivity index (χ0) is 8.97. The molecular weight excluding hydrogens is 154 g/mol. The third-order valence-corrected chi connectivity index (χ3v) is 1.89. The van der Waals surface area contributed by atoms with E-state index in [9.17, 15) is 0 Å². The summed E-state index contributed by atoms with van der Waals surface area (Å²) >= 11 is 0. The van der Waals surface area contributed by atoms with Crippen LogP contribution in [0.5, 0.6) is 0 Å². The average Bonchev–Trinajstić information content (AvgIpc) is 2.52. The summed E-state index contributed by atoms with van der Waals surface area (Å²) in [6.07, 6.45) is 3.87. The summed E-state index contributed by atoms with van der Waals surface area (Å²) in [6.45, 7) is 5.55. The monoisotopic (exact) mass is 169 g/mol. The molecule has 1 aromatic heterocycles. The van der Waals surface area contributed by atoms with Crippen molar-refractivity contribution in [2.75, 3.05) is 6.61 Å². The van der Waals surface area contributed by atoms with Crippen LogP contribution in [0.2, 0.25) is 0 Å². The molecule has 2 N–H and O–H groups in total. The first-order valence-electron chi connectivity index (χ1n) is 4.12. The van der Waals surface area contributed by atoms with Gasteiger partial charge in [0.05, 0.1) is 12.8 Å². The van der Waals surface area contributed by atoms with Crippen molar-refractivity contribution in [1.29, 1.82) is 0 Å². The quantitative estimate of drug-likeness (QED) is 0.681. The Hall–Kier alpha value is -0.870. The Kier molecular flexibility index (Phi) is 3.25. The maximum Gasteiger partial charge on any atom is 0.0746 e. The molecule has 1 aromatic rings. The third-order valence-electron chi connectivity index (χ3n) is 1.89. The van der Waals surface area contributed by atoms with Crippen molar-refractivity contribution in [1.82, 2.24) is 9.78 Å². The molecule has 0 saturated carbocycles. The van der Waals surface area contributed by atoms with Gasteiger partial charge in [0.2, 0.25) is 0 Å². The van der Waals surface area contributed by atoms with Gasteiger partial charge in [0.1, 0.15) is 0 Å². The number of nitrogens with two attached hydrogens (primary N) is 1. The van der Waals surface area contributed by atoms with E-state index in [1.54, 1.807) is 0 Å². The Morgan fingerprint density at radius 1 is 1.75 bits per heavy atom. The van der Waals surface area contributed by atoms with Gasteiger partial charge in [0, 0.05) is 18.7 Å². The Balaban J connectivity index is 2.61. The summed E-state index contributed by atoms with van der Waals surface area (Å²) in [5.74, 6) is 5.29. The van der Waals surface area contributed by atoms with E-state index in [0.717, 1.165) is 6.54 Å². The Labute approximate surface area is 72.3 Å². The van der Waals surface area contributed by atoms with Crippen LogP contribution in [0.25, 0.3) is 0 Å². The van der Waals surface area contributed by atoms with Gasteiger partial charge in [0.15, 0.2) is 0 Å². The standard InChI is InChI=1S/C8H15N3O/c1-3-11-5-8(4-10-11)7(2)6-12-9/h4-5,7H,3,6,9H2,1-2H3. The average molecular weight is 169 g/mol. The van der Waals surface area contributed by atoms with E-state index in [1.165, 1.54) is 5.56 Å². The maximum absolute atomic E-state index is 4.98. The molecule has 0 aliphatic rings. The van der Waals surface area contributed by atoms with Gasteiger partial charge in [-0.05, 0) is 12.5 Å². The Bertz CT molecular complexity index is 234. The summed E-state index contributed by atoms with van der Waals surface area (Å²) in [4.78, 5) is 4.56. The van der Waals surface area contributed by atoms with Crippen molar-refractivity contribution < 1.29 is 4.84 Å². The molecule has 1 heterocycles. The smallest absolute Gasteiger partial charge is 0.0746 e. The highest BCUT2D eigenvalue weighted by Gasteiger charge is 2.06. The molecule has 12 heavy (non-hydrogen) atoms. The second-order valence-corrected chi connectivity index (χ2v) is 2.86. The van der Waals surface area contributed by atoms with Gasteiger partial charge in [-0.3, -0.25) is 4.68 Å². The fourth-order valence-electron chi connectivity index (χ4n) is 1.05. The van der Waals surface area contributed by atoms with Crippen molar-refractivity contribution in [3.05, 3.63) is 18.0 Å². The van der Waals surface area contributed by atoms with Gasteiger partial charge in [-0.1, -0.05) is 6.92 Å². The summed E-state index contributed by atoms with van der Waals surface area (Å²) in [6, 6.07) is 0. The minimum atomic E-state index is 0.315. The van der Waals surface area contributed by atoms with Crippen LogP contribution in [-0.2, 0) is 11.4 Å². The SMILES string of the molecule is CCn1cc(C(C)CON)cn1. The van der Waals surface area contributed by atoms with Crippen LogP contribution in [0.4, 0.5) is 0 Å². The van der Waals surface area contributed by atoms with Gasteiger partial charge < -0.3 is 4.84 Å². The largest absolute Gasteiger partial charge is 0.304 e. The van der Waals surface area contributed by atoms with E-state index >= 15 is 0 Å². The van der Waals surface area contributed by atoms with E-state index in [-0.39, 0.29) is 0 Å². The van der Waals surface area contributed by atoms with E-state index in [4.69, 9.17) is 5.90 Å². The van der Waals surface area contributed by atoms with Gasteiger partial charge in [-0.2, -0.15) is 5.10 Å². The van der Waals surface area contributed by atoms with Gasteiger partial charge in [-0.15, -0.1) is 0 Å². The van der Waals surface area contributed by atoms with Crippen molar-refractivity contribution >= 4 is 0 Å². The number of nitrogens with zero attached hydrogens (tertiary/aromatic N) is 2. The predicted octanol–water partition coefficient (Wildman–Crippen LogP) is 0.897. The number of hydrogen-bond acceptors (Lipinski definition) is 3. The van der Waals surface area contributed by atoms with Crippen LogP contribution in [0.1, 0.15) is 25.3 Å². The summed E-state index contributed by atoms with van der Waals surface area (Å²) in [5, 5.41) is 4.16. The van der Waals surface area contributed by atoms with Crippen molar-refractivity contribution in [3.63, 3.8) is 0 Å². The minimum absolute atomic E-state index is 0.315. The molecule has 0 amide bonds. The molecule has 68 valence electrons. The lowest BCUT2D eigenvalue weighted by atomic mass is 10.1. The molecule has 0 saturated heterocycles. The molecule has 1 unspecified atom stereocenters. The molecule has 1 rings (SSSR count). The zero-order valence-electron chi connectivity index (χ0n) is 7.53. The second-order valence-electron chi connectivity index (χ2n) is 2.86. The maximum atomic E-state index is 4.98. The van der Waals surface area contributed by atoms with E-state index in [2.05, 4.69) is 23.8 Å². The third kappa shape index (κ3) is 2.06. The fraction of sp³-hybridized carbons (Fsp3) is 0.625. The lowest BCUT2D eigenvalue weighted by Crippen LogP contribution is -2.07. The molecule has 0 fully saturated rings. The number of aryl methyl sites for hydroxylation is 1. The molecular formula is C8H15N3O. The van der Waals surface area contributed by atoms with E-state index in [0.29, 0.717) is 12.5 Å². The first-order chi connectivity index (χ1) is 5.77. The van der Waals surface area contributed by atoms with E-state index < -0.39 is 0 Å². The highest BCUT2D eigenvalue weighted by molar-refractivity contribution is 5.09. The molecule has 4 heteroatoms. The lowest BCUT2D eigenvalue weighted by Gasteiger charge is -2.05. The van der Waals surface area contributed by atoms with Crippen LogP contribution in [0, 0.1) is 0 Å². The molecule has 4 nitrogen and oxygen atoms in total. The second kappa shape index (κ2) is 4.23. The topological polar surface area (TPSA) is 53.1 Å². The normalized spacial score (nSPS) is 13.2. The highest BCUT2D eigenvalue weighted by Crippen LogP contribution is 2.13. The van der Waals surface area contributed by atoms with Gasteiger partial charge >= 0.3 is 0 Å². The summed E-state index contributed by atoms with van der Waals surface area (Å²) < 4.78 is 1.89. The Morgan fingerprint density at radius 2 is 2.50 bits per heavy atom. The van der Waals surface area contributed by atoms with E-state index in [1.807, 2.05) is 17.1 Å².